The van der Waals surface area contributed by atoms with Crippen LogP contribution in [0.2, 0.25) is 0 Å². The van der Waals surface area contributed by atoms with Crippen molar-refractivity contribution in [2.45, 2.75) is 36.6 Å². The molecule has 33 heavy (non-hydrogen) atoms. The molecule has 1 fully saturated rings. The van der Waals surface area contributed by atoms with E-state index in [2.05, 4.69) is 19.8 Å². The number of anilines is 1. The van der Waals surface area contributed by atoms with Gasteiger partial charge in [-0.15, -0.1) is 0 Å². The average Bonchev–Trinajstić information content (AvgIpc) is 2.70. The van der Waals surface area contributed by atoms with Crippen molar-refractivity contribution >= 4 is 15.8 Å². The SMILES string of the molecule is O=S(=O)(NCC(O)c1cccc(OC(F)F)c1)c1ccc(NC[C@@H]2CC[C@H]2C(F)(F)F)nc1. The van der Waals surface area contributed by atoms with Crippen molar-refractivity contribution in [3.8, 4) is 5.75 Å². The molecule has 13 heteroatoms. The Morgan fingerprint density at radius 3 is 2.52 bits per heavy atom. The van der Waals surface area contributed by atoms with Crippen molar-refractivity contribution in [2.24, 2.45) is 11.8 Å². The van der Waals surface area contributed by atoms with Gasteiger partial charge in [-0.05, 0) is 48.6 Å². The Labute approximate surface area is 187 Å². The molecule has 0 aliphatic heterocycles. The van der Waals surface area contributed by atoms with Gasteiger partial charge in [0.1, 0.15) is 16.5 Å². The molecule has 1 aromatic carbocycles. The maximum absolute atomic E-state index is 12.8. The van der Waals surface area contributed by atoms with Gasteiger partial charge in [-0.3, -0.25) is 0 Å². The van der Waals surface area contributed by atoms with Crippen molar-refractivity contribution in [1.29, 1.82) is 0 Å². The van der Waals surface area contributed by atoms with Crippen LogP contribution in [0, 0.1) is 11.8 Å². The summed E-state index contributed by atoms with van der Waals surface area (Å²) in [4.78, 5) is 3.71. The standard InChI is InChI=1S/C20H22F5N3O4S/c21-19(22)32-14-3-1-2-12(8-14)17(29)11-28-33(30,31)15-5-7-18(27-10-15)26-9-13-4-6-16(13)20(23,24)25/h1-3,5,7-8,10,13,16-17,19,28-29H,4,6,9,11H2,(H,26,27)/t13-,16+,17?/m0/s1. The minimum Gasteiger partial charge on any atom is -0.435 e. The number of hydrogen-bond donors (Lipinski definition) is 3. The highest BCUT2D eigenvalue weighted by Gasteiger charge is 2.49. The van der Waals surface area contributed by atoms with Crippen molar-refractivity contribution in [1.82, 2.24) is 9.71 Å². The van der Waals surface area contributed by atoms with E-state index in [1.165, 1.54) is 36.4 Å². The van der Waals surface area contributed by atoms with Crippen molar-refractivity contribution in [3.05, 3.63) is 48.2 Å². The number of nitrogens with one attached hydrogen (secondary N) is 2. The molecule has 1 unspecified atom stereocenters. The molecule has 0 amide bonds. The monoisotopic (exact) mass is 495 g/mol. The van der Waals surface area contributed by atoms with E-state index in [0.717, 1.165) is 6.20 Å². The molecule has 0 radical (unpaired) electrons. The third-order valence-electron chi connectivity index (χ3n) is 5.36. The Morgan fingerprint density at radius 2 is 1.94 bits per heavy atom. The highest BCUT2D eigenvalue weighted by molar-refractivity contribution is 7.89. The second kappa shape index (κ2) is 10.2. The van der Waals surface area contributed by atoms with Gasteiger partial charge in [0.05, 0.1) is 12.0 Å². The number of aromatic nitrogens is 1. The molecule has 1 aliphatic rings. The number of nitrogens with zero attached hydrogens (tertiary/aromatic N) is 1. The maximum atomic E-state index is 12.8. The number of halogens is 5. The Bertz CT molecular complexity index is 1030. The summed E-state index contributed by atoms with van der Waals surface area (Å²) < 4.78 is 94.3. The molecule has 182 valence electrons. The van der Waals surface area contributed by atoms with Crippen LogP contribution in [0.3, 0.4) is 0 Å². The minimum atomic E-state index is -4.23. The Morgan fingerprint density at radius 1 is 1.18 bits per heavy atom. The normalized spacial score (nSPS) is 19.7. The largest absolute Gasteiger partial charge is 0.435 e. The molecule has 7 nitrogen and oxygen atoms in total. The third-order valence-corrected chi connectivity index (χ3v) is 6.77. The number of aliphatic hydroxyl groups is 1. The lowest BCUT2D eigenvalue weighted by molar-refractivity contribution is -0.210. The van der Waals surface area contributed by atoms with Gasteiger partial charge < -0.3 is 15.2 Å². The topological polar surface area (TPSA) is 101 Å². The van der Waals surface area contributed by atoms with Crippen LogP contribution in [-0.4, -0.2) is 44.4 Å². The van der Waals surface area contributed by atoms with E-state index in [1.54, 1.807) is 0 Å². The predicted octanol–water partition coefficient (Wildman–Crippen LogP) is 3.70. The van der Waals surface area contributed by atoms with Crippen molar-refractivity contribution in [3.63, 3.8) is 0 Å². The summed E-state index contributed by atoms with van der Waals surface area (Å²) in [7, 11) is -4.06. The number of benzene rings is 1. The van der Waals surface area contributed by atoms with Gasteiger partial charge in [0.2, 0.25) is 10.0 Å². The lowest BCUT2D eigenvalue weighted by Gasteiger charge is -2.37. The van der Waals surface area contributed by atoms with E-state index in [4.69, 9.17) is 0 Å². The highest BCUT2D eigenvalue weighted by Crippen LogP contribution is 2.45. The van der Waals surface area contributed by atoms with Crippen LogP contribution in [0.1, 0.15) is 24.5 Å². The number of pyridine rings is 1. The molecular formula is C20H22F5N3O4S. The summed E-state index contributed by atoms with van der Waals surface area (Å²) in [5.41, 5.74) is 0.168. The second-order valence-corrected chi connectivity index (χ2v) is 9.33. The second-order valence-electron chi connectivity index (χ2n) is 7.56. The van der Waals surface area contributed by atoms with E-state index in [1.807, 2.05) is 0 Å². The number of aliphatic hydroxyl groups excluding tert-OH is 1. The zero-order chi connectivity index (χ0) is 24.2. The molecule has 1 aromatic heterocycles. The summed E-state index contributed by atoms with van der Waals surface area (Å²) in [5, 5.41) is 13.0. The summed E-state index contributed by atoms with van der Waals surface area (Å²) in [5.74, 6) is -1.84. The van der Waals surface area contributed by atoms with Gasteiger partial charge in [0.25, 0.3) is 0 Å². The molecular weight excluding hydrogens is 473 g/mol. The van der Waals surface area contributed by atoms with Gasteiger partial charge in [0.15, 0.2) is 0 Å². The minimum absolute atomic E-state index is 0.0715. The first-order chi connectivity index (χ1) is 15.5. The smallest absolute Gasteiger partial charge is 0.392 e. The molecule has 0 spiro atoms. The zero-order valence-electron chi connectivity index (χ0n) is 17.1. The van der Waals surface area contributed by atoms with Crippen molar-refractivity contribution < 1.29 is 40.2 Å². The van der Waals surface area contributed by atoms with Gasteiger partial charge in [-0.1, -0.05) is 12.1 Å². The zero-order valence-corrected chi connectivity index (χ0v) is 17.9. The van der Waals surface area contributed by atoms with Gasteiger partial charge in [-0.2, -0.15) is 22.0 Å². The van der Waals surface area contributed by atoms with Crippen LogP contribution in [-0.2, 0) is 10.0 Å². The van der Waals surface area contributed by atoms with Crippen LogP contribution >= 0.6 is 0 Å². The van der Waals surface area contributed by atoms with Crippen molar-refractivity contribution in [2.75, 3.05) is 18.4 Å². The first-order valence-corrected chi connectivity index (χ1v) is 11.4. The summed E-state index contributed by atoms with van der Waals surface area (Å²) in [6.07, 6.45) is -3.98. The number of alkyl halides is 5. The van der Waals surface area contributed by atoms with Crippen LogP contribution in [0.25, 0.3) is 0 Å². The lowest BCUT2D eigenvalue weighted by Crippen LogP contribution is -2.41. The fourth-order valence-corrected chi connectivity index (χ4v) is 4.39. The summed E-state index contributed by atoms with van der Waals surface area (Å²) in [6.45, 7) is -3.41. The predicted molar refractivity (Wildman–Crippen MR) is 108 cm³/mol. The highest BCUT2D eigenvalue weighted by atomic mass is 32.2. The van der Waals surface area contributed by atoms with E-state index in [9.17, 15) is 35.5 Å². The number of sulfonamides is 1. The number of rotatable bonds is 10. The number of hydrogen-bond acceptors (Lipinski definition) is 6. The van der Waals surface area contributed by atoms with E-state index >= 15 is 0 Å². The maximum Gasteiger partial charge on any atom is 0.392 e. The first kappa shape index (κ1) is 25.1. The summed E-state index contributed by atoms with van der Waals surface area (Å²) >= 11 is 0. The molecule has 0 bridgehead atoms. The molecule has 0 saturated heterocycles. The fraction of sp³-hybridized carbons (Fsp3) is 0.450. The number of ether oxygens (including phenoxy) is 1. The van der Waals surface area contributed by atoms with E-state index < -0.39 is 47.3 Å². The fourth-order valence-electron chi connectivity index (χ4n) is 3.41. The molecule has 1 saturated carbocycles. The van der Waals surface area contributed by atoms with E-state index in [0.29, 0.717) is 6.42 Å². The molecule has 3 N–H and O–H groups in total. The molecule has 1 aliphatic carbocycles. The molecule has 2 aromatic rings. The summed E-state index contributed by atoms with van der Waals surface area (Å²) in [6, 6.07) is 7.78. The van der Waals surface area contributed by atoms with Gasteiger partial charge in [0, 0.05) is 19.3 Å². The quantitative estimate of drug-likeness (QED) is 0.435. The van der Waals surface area contributed by atoms with Gasteiger partial charge >= 0.3 is 12.8 Å². The molecule has 3 rings (SSSR count). The Balaban J connectivity index is 1.54. The van der Waals surface area contributed by atoms with Crippen LogP contribution in [0.15, 0.2) is 47.5 Å². The Hall–Kier alpha value is -2.51. The van der Waals surface area contributed by atoms with E-state index in [-0.39, 0.29) is 35.0 Å². The van der Waals surface area contributed by atoms with Crippen LogP contribution < -0.4 is 14.8 Å². The molecule has 1 heterocycles. The Kier molecular flexibility index (Phi) is 7.75. The first-order valence-electron chi connectivity index (χ1n) is 9.95. The average molecular weight is 495 g/mol. The van der Waals surface area contributed by atoms with Crippen LogP contribution in [0.4, 0.5) is 27.8 Å². The third kappa shape index (κ3) is 6.74. The van der Waals surface area contributed by atoms with Gasteiger partial charge in [-0.25, -0.2) is 18.1 Å². The lowest BCUT2D eigenvalue weighted by atomic mass is 9.73. The van der Waals surface area contributed by atoms with Crippen LogP contribution in [0.5, 0.6) is 5.75 Å². The molecule has 3 atom stereocenters.